The van der Waals surface area contributed by atoms with Crippen molar-refractivity contribution in [3.63, 3.8) is 0 Å². The molecule has 2 aromatic rings. The summed E-state index contributed by atoms with van der Waals surface area (Å²) in [4.78, 5) is 15.9. The van der Waals surface area contributed by atoms with Crippen LogP contribution in [-0.4, -0.2) is 23.7 Å². The molecule has 1 aromatic heterocycles. The number of hydrogen-bond acceptors (Lipinski definition) is 5. The summed E-state index contributed by atoms with van der Waals surface area (Å²) >= 11 is 5.59. The molecule has 1 heterocycles. The van der Waals surface area contributed by atoms with E-state index in [0.717, 1.165) is 24.2 Å². The van der Waals surface area contributed by atoms with Crippen molar-refractivity contribution in [3.05, 3.63) is 41.7 Å². The lowest BCUT2D eigenvalue weighted by Gasteiger charge is -2.15. The van der Waals surface area contributed by atoms with E-state index in [9.17, 15) is 18.0 Å². The van der Waals surface area contributed by atoms with E-state index in [-0.39, 0.29) is 28.7 Å². The van der Waals surface area contributed by atoms with Crippen molar-refractivity contribution in [1.82, 2.24) is 4.98 Å². The van der Waals surface area contributed by atoms with Gasteiger partial charge in [0.15, 0.2) is 11.5 Å². The summed E-state index contributed by atoms with van der Waals surface area (Å²) < 4.78 is 51.8. The highest BCUT2D eigenvalue weighted by Crippen LogP contribution is 2.47. The van der Waals surface area contributed by atoms with Crippen LogP contribution in [0.15, 0.2) is 30.5 Å². The molecule has 0 spiro atoms. The van der Waals surface area contributed by atoms with E-state index in [2.05, 4.69) is 16.6 Å². The van der Waals surface area contributed by atoms with Gasteiger partial charge in [-0.1, -0.05) is 6.92 Å². The van der Waals surface area contributed by atoms with Crippen molar-refractivity contribution in [2.45, 2.75) is 25.6 Å². The van der Waals surface area contributed by atoms with Gasteiger partial charge >= 0.3 is 6.36 Å². The Kier molecular flexibility index (Phi) is 5.19. The third kappa shape index (κ3) is 4.63. The second kappa shape index (κ2) is 7.26. The van der Waals surface area contributed by atoms with Gasteiger partial charge in [-0.15, -0.1) is 13.2 Å². The van der Waals surface area contributed by atoms with Gasteiger partial charge in [-0.2, -0.15) is 0 Å². The number of alkyl halides is 3. The molecule has 1 aromatic carbocycles. The largest absolute Gasteiger partial charge is 0.573 e. The molecule has 2 atom stereocenters. The number of aromatic nitrogens is 1. The summed E-state index contributed by atoms with van der Waals surface area (Å²) in [6, 6.07) is 4.99. The van der Waals surface area contributed by atoms with Crippen molar-refractivity contribution in [1.29, 1.82) is 0 Å². The van der Waals surface area contributed by atoms with E-state index in [1.807, 2.05) is 0 Å². The van der Waals surface area contributed by atoms with Gasteiger partial charge in [-0.05, 0) is 36.1 Å². The minimum absolute atomic E-state index is 0.00266. The summed E-state index contributed by atoms with van der Waals surface area (Å²) in [7, 11) is 1.27. The third-order valence-electron chi connectivity index (χ3n) is 4.18. The van der Waals surface area contributed by atoms with Crippen LogP contribution in [0.25, 0.3) is 0 Å². The van der Waals surface area contributed by atoms with Crippen LogP contribution in [0.5, 0.6) is 23.0 Å². The summed E-state index contributed by atoms with van der Waals surface area (Å²) in [5.74, 6) is 0.562. The number of methoxy groups -OCH3 is 1. The summed E-state index contributed by atoms with van der Waals surface area (Å²) in [5, 5.41) is -0.760. The minimum atomic E-state index is -4.83. The van der Waals surface area contributed by atoms with Gasteiger partial charge in [-0.25, -0.2) is 0 Å². The van der Waals surface area contributed by atoms with Gasteiger partial charge in [0.05, 0.1) is 12.7 Å². The molecule has 1 fully saturated rings. The highest BCUT2D eigenvalue weighted by Gasteiger charge is 2.36. The number of nitrogens with zero attached hydrogens (tertiary/aromatic N) is 1. The maximum absolute atomic E-state index is 12.4. The molecule has 0 saturated heterocycles. The van der Waals surface area contributed by atoms with Crippen LogP contribution in [0.1, 0.15) is 35.3 Å². The zero-order valence-electron chi connectivity index (χ0n) is 14.3. The first-order valence-corrected chi connectivity index (χ1v) is 8.37. The van der Waals surface area contributed by atoms with Crippen LogP contribution < -0.4 is 14.2 Å². The van der Waals surface area contributed by atoms with Gasteiger partial charge < -0.3 is 14.2 Å². The average molecular weight is 402 g/mol. The van der Waals surface area contributed by atoms with Gasteiger partial charge in [0.2, 0.25) is 0 Å². The first-order chi connectivity index (χ1) is 12.7. The third-order valence-corrected chi connectivity index (χ3v) is 4.38. The maximum atomic E-state index is 12.4. The van der Waals surface area contributed by atoms with E-state index < -0.39 is 17.4 Å². The molecule has 27 heavy (non-hydrogen) atoms. The normalized spacial score (nSPS) is 18.7. The molecule has 1 aliphatic carbocycles. The molecule has 1 saturated carbocycles. The van der Waals surface area contributed by atoms with E-state index in [1.54, 1.807) is 6.07 Å². The molecule has 2 unspecified atom stereocenters. The van der Waals surface area contributed by atoms with Crippen LogP contribution in [0, 0.1) is 5.92 Å². The van der Waals surface area contributed by atoms with Crippen LogP contribution in [-0.2, 0) is 0 Å². The highest BCUT2D eigenvalue weighted by atomic mass is 35.5. The van der Waals surface area contributed by atoms with Crippen LogP contribution in [0.3, 0.4) is 0 Å². The Balaban J connectivity index is 1.92. The fraction of sp³-hybridized carbons (Fsp3) is 0.333. The number of carbonyl (C=O) groups excluding carboxylic acids is 1. The Labute approximate surface area is 158 Å². The topological polar surface area (TPSA) is 57.6 Å². The van der Waals surface area contributed by atoms with E-state index in [1.165, 1.54) is 19.4 Å². The van der Waals surface area contributed by atoms with Crippen molar-refractivity contribution in [2.24, 2.45) is 5.92 Å². The second-order valence-corrected chi connectivity index (χ2v) is 6.50. The van der Waals surface area contributed by atoms with Crippen molar-refractivity contribution in [3.8, 4) is 23.0 Å². The molecule has 9 heteroatoms. The SMILES string of the molecule is COc1cc(OC(F)(F)F)ccc1Oc1cc(C2CC2C)ncc1C(=O)Cl. The lowest BCUT2D eigenvalue weighted by molar-refractivity contribution is -0.274. The lowest BCUT2D eigenvalue weighted by atomic mass is 10.1. The van der Waals surface area contributed by atoms with Crippen LogP contribution >= 0.6 is 11.6 Å². The molecule has 0 amide bonds. The Hall–Kier alpha value is -2.48. The van der Waals surface area contributed by atoms with E-state index >= 15 is 0 Å². The number of carbonyl (C=O) groups is 1. The molecular formula is C18H15ClF3NO4. The Morgan fingerprint density at radius 3 is 2.48 bits per heavy atom. The number of rotatable bonds is 6. The number of halogens is 4. The predicted molar refractivity (Wildman–Crippen MR) is 90.7 cm³/mol. The molecule has 1 aliphatic rings. The van der Waals surface area contributed by atoms with Crippen LogP contribution in [0.2, 0.25) is 0 Å². The average Bonchev–Trinajstić information content (AvgIpc) is 3.31. The van der Waals surface area contributed by atoms with Gasteiger partial charge in [0.25, 0.3) is 5.24 Å². The van der Waals surface area contributed by atoms with Crippen LogP contribution in [0.4, 0.5) is 13.2 Å². The summed E-state index contributed by atoms with van der Waals surface area (Å²) in [6.45, 7) is 2.08. The van der Waals surface area contributed by atoms with Crippen molar-refractivity contribution in [2.75, 3.05) is 7.11 Å². The molecule has 0 aliphatic heterocycles. The highest BCUT2D eigenvalue weighted by molar-refractivity contribution is 6.68. The fourth-order valence-electron chi connectivity index (χ4n) is 2.67. The first kappa shape index (κ1) is 19.3. The second-order valence-electron chi connectivity index (χ2n) is 6.16. The Morgan fingerprint density at radius 2 is 1.93 bits per heavy atom. The lowest BCUT2D eigenvalue weighted by Crippen LogP contribution is -2.17. The zero-order valence-corrected chi connectivity index (χ0v) is 15.1. The molecule has 5 nitrogen and oxygen atoms in total. The van der Waals surface area contributed by atoms with Gasteiger partial charge in [-0.3, -0.25) is 9.78 Å². The quantitative estimate of drug-likeness (QED) is 0.616. The monoisotopic (exact) mass is 401 g/mol. The van der Waals surface area contributed by atoms with E-state index in [0.29, 0.717) is 5.92 Å². The molecule has 3 rings (SSSR count). The predicted octanol–water partition coefficient (Wildman–Crippen LogP) is 5.28. The standard InChI is InChI=1S/C18H15ClF3NO4/c1-9-5-11(9)13-7-15(12(8-23-13)17(19)24)26-14-4-3-10(6-16(14)25-2)27-18(20,21)22/h3-4,6-9,11H,5H2,1-2H3. The number of benzene rings is 1. The fourth-order valence-corrected chi connectivity index (χ4v) is 2.81. The molecular weight excluding hydrogens is 387 g/mol. The molecule has 0 N–H and O–H groups in total. The number of hydrogen-bond donors (Lipinski definition) is 0. The Bertz CT molecular complexity index is 872. The molecule has 144 valence electrons. The van der Waals surface area contributed by atoms with E-state index in [4.69, 9.17) is 21.1 Å². The maximum Gasteiger partial charge on any atom is 0.573 e. The number of pyridine rings is 1. The summed E-state index contributed by atoms with van der Waals surface area (Å²) in [5.41, 5.74) is 0.807. The van der Waals surface area contributed by atoms with Crippen molar-refractivity contribution < 1.29 is 32.2 Å². The first-order valence-electron chi connectivity index (χ1n) is 7.99. The Morgan fingerprint density at radius 1 is 1.22 bits per heavy atom. The van der Waals surface area contributed by atoms with Gasteiger partial charge in [0.1, 0.15) is 11.5 Å². The van der Waals surface area contributed by atoms with Gasteiger partial charge in [0, 0.05) is 29.9 Å². The minimum Gasteiger partial charge on any atom is -0.493 e. The zero-order chi connectivity index (χ0) is 19.8. The van der Waals surface area contributed by atoms with Crippen molar-refractivity contribution >= 4 is 16.8 Å². The molecule has 0 radical (unpaired) electrons. The number of ether oxygens (including phenoxy) is 3. The summed E-state index contributed by atoms with van der Waals surface area (Å²) in [6.07, 6.45) is -2.52. The smallest absolute Gasteiger partial charge is 0.493 e. The molecule has 0 bridgehead atoms.